The molecule has 2 bridgehead atoms. The first-order valence-corrected chi connectivity index (χ1v) is 10.4. The minimum absolute atomic E-state index is 0.0407. The molecule has 0 spiro atoms. The highest BCUT2D eigenvalue weighted by molar-refractivity contribution is 5.79. The van der Waals surface area contributed by atoms with Gasteiger partial charge in [-0.1, -0.05) is 55.0 Å². The zero-order valence-corrected chi connectivity index (χ0v) is 17.4. The molecule has 0 unspecified atom stereocenters. The maximum atomic E-state index is 11.9. The Morgan fingerprint density at radius 2 is 2.00 bits per heavy atom. The molecule has 1 aromatic carbocycles. The predicted octanol–water partition coefficient (Wildman–Crippen LogP) is 5.39. The van der Waals surface area contributed by atoms with Crippen LogP contribution in [-0.2, 0) is 18.4 Å². The molecule has 0 amide bonds. The number of nitrogens with one attached hydrogen (secondary N) is 1. The Hall–Kier alpha value is -2.94. The van der Waals surface area contributed by atoms with Crippen LogP contribution in [0.25, 0.3) is 6.08 Å². The van der Waals surface area contributed by atoms with Crippen molar-refractivity contribution >= 4 is 12.3 Å². The van der Waals surface area contributed by atoms with Crippen LogP contribution in [0.3, 0.4) is 0 Å². The Morgan fingerprint density at radius 1 is 1.21 bits per heavy atom. The third-order valence-electron chi connectivity index (χ3n) is 6.14. The molecule has 0 saturated heterocycles. The average molecular weight is 385 g/mol. The van der Waals surface area contributed by atoms with Crippen molar-refractivity contribution in [2.75, 3.05) is 0 Å². The molecule has 0 fully saturated rings. The normalized spacial score (nSPS) is 24.9. The minimum Gasteiger partial charge on any atom is -0.326 e. The molecule has 3 heteroatoms. The van der Waals surface area contributed by atoms with Gasteiger partial charge in [-0.2, -0.15) is 0 Å². The van der Waals surface area contributed by atoms with Crippen LogP contribution in [0.1, 0.15) is 49.6 Å². The van der Waals surface area contributed by atoms with Gasteiger partial charge in [0.1, 0.15) is 5.54 Å². The molecular weight excluding hydrogens is 356 g/mol. The smallest absolute Gasteiger partial charge is 0.248 e. The van der Waals surface area contributed by atoms with E-state index in [2.05, 4.69) is 68.2 Å². The first kappa shape index (κ1) is 19.4. The van der Waals surface area contributed by atoms with Crippen molar-refractivity contribution < 1.29 is 0 Å². The number of nitrogens with zero attached hydrogens (tertiary/aromatic N) is 1. The van der Waals surface area contributed by atoms with E-state index in [0.29, 0.717) is 5.92 Å². The Bertz CT molecular complexity index is 1080. The lowest BCUT2D eigenvalue weighted by molar-refractivity contribution is 0.413. The third kappa shape index (κ3) is 3.57. The highest BCUT2D eigenvalue weighted by atomic mass is 16.1. The van der Waals surface area contributed by atoms with Gasteiger partial charge < -0.3 is 4.98 Å². The van der Waals surface area contributed by atoms with Gasteiger partial charge in [0.25, 0.3) is 0 Å². The lowest BCUT2D eigenvalue weighted by Gasteiger charge is -2.45. The number of aromatic nitrogens is 1. The minimum atomic E-state index is -0.424. The van der Waals surface area contributed by atoms with E-state index in [4.69, 9.17) is 4.99 Å². The molecular formula is C26H28N2O. The van der Waals surface area contributed by atoms with E-state index in [1.54, 1.807) is 6.07 Å². The number of hydrogen-bond acceptors (Lipinski definition) is 2. The van der Waals surface area contributed by atoms with Gasteiger partial charge in [0, 0.05) is 35.9 Å². The molecule has 0 saturated carbocycles. The van der Waals surface area contributed by atoms with Gasteiger partial charge in [-0.3, -0.25) is 9.79 Å². The third-order valence-corrected chi connectivity index (χ3v) is 6.14. The van der Waals surface area contributed by atoms with Crippen molar-refractivity contribution in [3.05, 3.63) is 98.5 Å². The number of rotatable bonds is 4. The lowest BCUT2D eigenvalue weighted by atomic mass is 9.63. The number of pyridine rings is 1. The quantitative estimate of drug-likeness (QED) is 0.558. The first-order valence-electron chi connectivity index (χ1n) is 10.4. The summed E-state index contributed by atoms with van der Waals surface area (Å²) in [5.74, 6) is 0.294. The number of hydrogen-bond donors (Lipinski definition) is 1. The Labute approximate surface area is 172 Å². The molecule has 1 heterocycles. The molecule has 2 aromatic rings. The topological polar surface area (TPSA) is 45.2 Å². The average Bonchev–Trinajstić information content (AvgIpc) is 2.71. The van der Waals surface area contributed by atoms with E-state index in [9.17, 15) is 4.79 Å². The van der Waals surface area contributed by atoms with E-state index in [-0.39, 0.29) is 5.56 Å². The summed E-state index contributed by atoms with van der Waals surface area (Å²) in [5.41, 5.74) is 6.89. The van der Waals surface area contributed by atoms with Gasteiger partial charge >= 0.3 is 0 Å². The van der Waals surface area contributed by atoms with Crippen molar-refractivity contribution in [1.82, 2.24) is 4.98 Å². The van der Waals surface area contributed by atoms with Crippen molar-refractivity contribution in [3.8, 4) is 0 Å². The highest BCUT2D eigenvalue weighted by Gasteiger charge is 2.46. The largest absolute Gasteiger partial charge is 0.326 e. The number of H-pyrrole nitrogens is 1. The summed E-state index contributed by atoms with van der Waals surface area (Å²) < 4.78 is 0. The molecule has 148 valence electrons. The van der Waals surface area contributed by atoms with Gasteiger partial charge in [0.15, 0.2) is 0 Å². The molecule has 1 aromatic heterocycles. The van der Waals surface area contributed by atoms with E-state index < -0.39 is 5.54 Å². The summed E-state index contributed by atoms with van der Waals surface area (Å²) in [6.45, 7) is 6.45. The summed E-state index contributed by atoms with van der Waals surface area (Å²) in [4.78, 5) is 20.1. The van der Waals surface area contributed by atoms with Crippen LogP contribution < -0.4 is 5.56 Å². The van der Waals surface area contributed by atoms with Crippen molar-refractivity contribution in [1.29, 1.82) is 0 Å². The number of aliphatic imine (C=N–C) groups is 1. The van der Waals surface area contributed by atoms with Gasteiger partial charge in [0.05, 0.1) is 0 Å². The van der Waals surface area contributed by atoms with Gasteiger partial charge in [-0.15, -0.1) is 0 Å². The van der Waals surface area contributed by atoms with Crippen LogP contribution >= 0.6 is 0 Å². The zero-order valence-electron chi connectivity index (χ0n) is 17.4. The zero-order chi connectivity index (χ0) is 20.4. The number of fused-ring (bicyclic) bond motifs is 4. The van der Waals surface area contributed by atoms with Crippen molar-refractivity contribution in [2.24, 2.45) is 10.9 Å². The monoisotopic (exact) mass is 384 g/mol. The maximum Gasteiger partial charge on any atom is 0.248 e. The fourth-order valence-corrected chi connectivity index (χ4v) is 4.84. The summed E-state index contributed by atoms with van der Waals surface area (Å²) in [6.07, 6.45) is 13.3. The fraction of sp³-hybridized carbons (Fsp3) is 0.308. The second kappa shape index (κ2) is 7.82. The molecule has 4 rings (SSSR count). The molecule has 0 aliphatic heterocycles. The summed E-state index contributed by atoms with van der Waals surface area (Å²) in [7, 11) is 0. The molecule has 2 atom stereocenters. The Balaban J connectivity index is 1.72. The number of allylic oxidation sites excluding steroid dienone is 3. The van der Waals surface area contributed by atoms with Crippen molar-refractivity contribution in [2.45, 2.75) is 45.6 Å². The lowest BCUT2D eigenvalue weighted by Crippen LogP contribution is -2.40. The first-order chi connectivity index (χ1) is 14.1. The van der Waals surface area contributed by atoms with Crippen LogP contribution in [0.15, 0.2) is 75.6 Å². The number of aryl methyl sites for hydroxylation is 1. The molecule has 2 aliphatic rings. The van der Waals surface area contributed by atoms with E-state index >= 15 is 0 Å². The molecule has 29 heavy (non-hydrogen) atoms. The Morgan fingerprint density at radius 3 is 2.72 bits per heavy atom. The summed E-state index contributed by atoms with van der Waals surface area (Å²) in [5, 5.41) is 0. The van der Waals surface area contributed by atoms with Crippen LogP contribution in [0.2, 0.25) is 0 Å². The van der Waals surface area contributed by atoms with E-state index in [1.165, 1.54) is 22.3 Å². The molecule has 3 nitrogen and oxygen atoms in total. The SMILES string of the molecule is CC=C1[C@H]2C=C(C)C[C@]1(N=CC=Cc1ccc(CC)cc1)c1ccc(=O)[nH]c1C2. The van der Waals surface area contributed by atoms with Gasteiger partial charge in [0.2, 0.25) is 5.56 Å². The highest BCUT2D eigenvalue weighted by Crippen LogP contribution is 2.51. The van der Waals surface area contributed by atoms with Gasteiger partial charge in [-0.25, -0.2) is 0 Å². The molecule has 2 aliphatic carbocycles. The summed E-state index contributed by atoms with van der Waals surface area (Å²) in [6, 6.07) is 12.2. The molecule has 0 radical (unpaired) electrons. The van der Waals surface area contributed by atoms with Crippen LogP contribution in [-0.4, -0.2) is 11.2 Å². The standard InChI is InChI=1S/C26H28N2O/c1-4-19-8-10-20(11-9-19)7-6-14-27-26-17-18(3)15-21(22(26)5-2)16-24-23(26)12-13-25(29)28-24/h5-15,21H,4,16-17H2,1-3H3,(H,28,29)/t21-,26+/m0/s1. The summed E-state index contributed by atoms with van der Waals surface area (Å²) >= 11 is 0. The maximum absolute atomic E-state index is 11.9. The second-order valence-corrected chi connectivity index (χ2v) is 8.05. The Kier molecular flexibility index (Phi) is 5.23. The molecule has 1 N–H and O–H groups in total. The second-order valence-electron chi connectivity index (χ2n) is 8.05. The number of benzene rings is 1. The van der Waals surface area contributed by atoms with Crippen LogP contribution in [0.4, 0.5) is 0 Å². The van der Waals surface area contributed by atoms with Crippen LogP contribution in [0, 0.1) is 5.92 Å². The number of aromatic amines is 1. The fourth-order valence-electron chi connectivity index (χ4n) is 4.84. The van der Waals surface area contributed by atoms with Crippen molar-refractivity contribution in [3.63, 3.8) is 0 Å². The van der Waals surface area contributed by atoms with E-state index in [0.717, 1.165) is 30.5 Å². The van der Waals surface area contributed by atoms with E-state index in [1.807, 2.05) is 18.4 Å². The van der Waals surface area contributed by atoms with Crippen LogP contribution in [0.5, 0.6) is 0 Å². The van der Waals surface area contributed by atoms with Gasteiger partial charge in [-0.05, 0) is 55.5 Å². The predicted molar refractivity (Wildman–Crippen MR) is 121 cm³/mol.